The number of benzene rings is 2. The number of rotatable bonds is 5. The zero-order valence-electron chi connectivity index (χ0n) is 16.7. The molecular weight excluding hydrogens is 369 g/mol. The number of nitrogens with zero attached hydrogens (tertiary/aromatic N) is 1. The van der Waals surface area contributed by atoms with Gasteiger partial charge in [0, 0.05) is 16.5 Å². The lowest BCUT2D eigenvalue weighted by Gasteiger charge is -2.28. The van der Waals surface area contributed by atoms with Gasteiger partial charge in [0.1, 0.15) is 5.82 Å². The molecule has 0 amide bonds. The number of ether oxygens (including phenoxy) is 2. The summed E-state index contributed by atoms with van der Waals surface area (Å²) in [5.41, 5.74) is 1.53. The van der Waals surface area contributed by atoms with E-state index in [4.69, 9.17) is 9.47 Å². The molecule has 0 N–H and O–H groups in total. The molecule has 4 nitrogen and oxygen atoms in total. The molecule has 29 heavy (non-hydrogen) atoms. The minimum Gasteiger partial charge on any atom is -0.481 e. The molecule has 1 aliphatic rings. The zero-order valence-corrected chi connectivity index (χ0v) is 16.7. The maximum absolute atomic E-state index is 14.2. The Morgan fingerprint density at radius 2 is 1.93 bits per heavy atom. The van der Waals surface area contributed by atoms with Crippen molar-refractivity contribution in [3.05, 3.63) is 59.9 Å². The fraction of sp³-hybridized carbons (Fsp3) is 0.333. The number of hydrogen-bond donors (Lipinski definition) is 0. The van der Waals surface area contributed by atoms with Gasteiger partial charge in [-0.05, 0) is 43.4 Å². The van der Waals surface area contributed by atoms with Gasteiger partial charge < -0.3 is 9.47 Å². The standard InChI is InChI=1S/C24H24FNO3/c1-3-29-23(27)24(13-4-5-14-24)19-11-12-21(26-22(19)28-2)17-10-9-16-7-6-8-20(25)18(16)15-17/h6-12,15H,3-5,13-14H2,1-2H3. The molecule has 0 saturated heterocycles. The third-order valence-electron chi connectivity index (χ3n) is 5.82. The zero-order chi connectivity index (χ0) is 20.4. The molecule has 0 radical (unpaired) electrons. The van der Waals surface area contributed by atoms with Gasteiger partial charge in [-0.15, -0.1) is 0 Å². The van der Waals surface area contributed by atoms with Crippen molar-refractivity contribution in [1.82, 2.24) is 4.98 Å². The SMILES string of the molecule is CCOC(=O)C1(c2ccc(-c3ccc4cccc(F)c4c3)nc2OC)CCCC1. The van der Waals surface area contributed by atoms with Crippen molar-refractivity contribution in [3.63, 3.8) is 0 Å². The van der Waals surface area contributed by atoms with E-state index in [1.807, 2.05) is 37.3 Å². The van der Waals surface area contributed by atoms with E-state index in [9.17, 15) is 9.18 Å². The minimum absolute atomic E-state index is 0.210. The summed E-state index contributed by atoms with van der Waals surface area (Å²) in [5, 5.41) is 1.39. The molecule has 1 heterocycles. The second-order valence-electron chi connectivity index (χ2n) is 7.44. The Balaban J connectivity index is 1.79. The van der Waals surface area contributed by atoms with Crippen LogP contribution in [0.3, 0.4) is 0 Å². The van der Waals surface area contributed by atoms with E-state index >= 15 is 0 Å². The van der Waals surface area contributed by atoms with Gasteiger partial charge in [-0.1, -0.05) is 43.2 Å². The summed E-state index contributed by atoms with van der Waals surface area (Å²) in [6.45, 7) is 2.16. The van der Waals surface area contributed by atoms with Gasteiger partial charge in [-0.25, -0.2) is 9.37 Å². The van der Waals surface area contributed by atoms with Crippen molar-refractivity contribution in [2.45, 2.75) is 38.0 Å². The van der Waals surface area contributed by atoms with Gasteiger partial charge in [0.15, 0.2) is 0 Å². The lowest BCUT2D eigenvalue weighted by molar-refractivity contribution is -0.150. The molecule has 0 atom stereocenters. The number of aromatic nitrogens is 1. The van der Waals surface area contributed by atoms with E-state index in [-0.39, 0.29) is 11.8 Å². The van der Waals surface area contributed by atoms with E-state index in [1.165, 1.54) is 6.07 Å². The first-order valence-corrected chi connectivity index (χ1v) is 10.0. The van der Waals surface area contributed by atoms with Crippen molar-refractivity contribution in [2.24, 2.45) is 0 Å². The third kappa shape index (κ3) is 3.35. The second-order valence-corrected chi connectivity index (χ2v) is 7.44. The minimum atomic E-state index is -0.706. The molecule has 3 aromatic rings. The van der Waals surface area contributed by atoms with Crippen LogP contribution in [0.1, 0.15) is 38.2 Å². The van der Waals surface area contributed by atoms with Crippen LogP contribution in [0.15, 0.2) is 48.5 Å². The van der Waals surface area contributed by atoms with Crippen molar-refractivity contribution < 1.29 is 18.7 Å². The normalized spacial score (nSPS) is 15.4. The topological polar surface area (TPSA) is 48.4 Å². The van der Waals surface area contributed by atoms with Gasteiger partial charge in [-0.3, -0.25) is 4.79 Å². The Morgan fingerprint density at radius 3 is 2.66 bits per heavy atom. The van der Waals surface area contributed by atoms with Crippen molar-refractivity contribution in [2.75, 3.05) is 13.7 Å². The molecule has 150 valence electrons. The predicted octanol–water partition coefficient (Wildman–Crippen LogP) is 5.42. The number of pyridine rings is 1. The fourth-order valence-corrected chi connectivity index (χ4v) is 4.35. The van der Waals surface area contributed by atoms with Crippen molar-refractivity contribution >= 4 is 16.7 Å². The molecule has 1 saturated carbocycles. The fourth-order valence-electron chi connectivity index (χ4n) is 4.35. The Morgan fingerprint density at radius 1 is 1.14 bits per heavy atom. The number of carbonyl (C=O) groups is 1. The smallest absolute Gasteiger partial charge is 0.316 e. The summed E-state index contributed by atoms with van der Waals surface area (Å²) < 4.78 is 25.2. The number of esters is 1. The van der Waals surface area contributed by atoms with Gasteiger partial charge in [0.05, 0.1) is 24.8 Å². The number of carbonyl (C=O) groups excluding carboxylic acids is 1. The highest BCUT2D eigenvalue weighted by Crippen LogP contribution is 2.45. The third-order valence-corrected chi connectivity index (χ3v) is 5.82. The Kier molecular flexibility index (Phi) is 5.22. The van der Waals surface area contributed by atoms with Crippen LogP contribution in [0.4, 0.5) is 4.39 Å². The summed E-state index contributed by atoms with van der Waals surface area (Å²) in [5.74, 6) is -0.0515. The average molecular weight is 393 g/mol. The van der Waals surface area contributed by atoms with E-state index < -0.39 is 5.41 Å². The highest BCUT2D eigenvalue weighted by atomic mass is 19.1. The van der Waals surface area contributed by atoms with Gasteiger partial charge in [-0.2, -0.15) is 0 Å². The molecule has 5 heteroatoms. The molecule has 2 aromatic carbocycles. The highest BCUT2D eigenvalue weighted by molar-refractivity contribution is 5.88. The van der Waals surface area contributed by atoms with Gasteiger partial charge in [0.25, 0.3) is 0 Å². The number of hydrogen-bond acceptors (Lipinski definition) is 4. The van der Waals surface area contributed by atoms with Crippen LogP contribution in [0.5, 0.6) is 5.88 Å². The van der Waals surface area contributed by atoms with Crippen LogP contribution in [0.2, 0.25) is 0 Å². The monoisotopic (exact) mass is 393 g/mol. The maximum Gasteiger partial charge on any atom is 0.316 e. The number of fused-ring (bicyclic) bond motifs is 1. The van der Waals surface area contributed by atoms with Crippen molar-refractivity contribution in [3.8, 4) is 17.1 Å². The van der Waals surface area contributed by atoms with Gasteiger partial charge in [0.2, 0.25) is 5.88 Å². The largest absolute Gasteiger partial charge is 0.481 e. The van der Waals surface area contributed by atoms with Crippen LogP contribution in [-0.4, -0.2) is 24.7 Å². The molecule has 0 aliphatic heterocycles. The number of halogens is 1. The quantitative estimate of drug-likeness (QED) is 0.543. The maximum atomic E-state index is 14.2. The average Bonchev–Trinajstić information content (AvgIpc) is 3.25. The first-order valence-electron chi connectivity index (χ1n) is 10.0. The first kappa shape index (κ1) is 19.4. The summed E-state index contributed by atoms with van der Waals surface area (Å²) in [6.07, 6.45) is 3.39. The van der Waals surface area contributed by atoms with E-state index in [2.05, 4.69) is 4.98 Å². The number of methoxy groups -OCH3 is 1. The molecular formula is C24H24FNO3. The highest BCUT2D eigenvalue weighted by Gasteiger charge is 2.46. The summed E-state index contributed by atoms with van der Waals surface area (Å²) in [6, 6.07) is 14.4. The summed E-state index contributed by atoms with van der Waals surface area (Å²) >= 11 is 0. The predicted molar refractivity (Wildman–Crippen MR) is 110 cm³/mol. The van der Waals surface area contributed by atoms with Crippen molar-refractivity contribution in [1.29, 1.82) is 0 Å². The van der Waals surface area contributed by atoms with Crippen LogP contribution >= 0.6 is 0 Å². The van der Waals surface area contributed by atoms with Crippen LogP contribution in [-0.2, 0) is 14.9 Å². The van der Waals surface area contributed by atoms with Crippen LogP contribution in [0, 0.1) is 5.82 Å². The van der Waals surface area contributed by atoms with E-state index in [0.717, 1.165) is 42.2 Å². The molecule has 0 spiro atoms. The summed E-state index contributed by atoms with van der Waals surface area (Å²) in [4.78, 5) is 17.5. The lowest BCUT2D eigenvalue weighted by Crippen LogP contribution is -2.35. The Labute approximate surface area is 169 Å². The van der Waals surface area contributed by atoms with Crippen LogP contribution in [0.25, 0.3) is 22.0 Å². The Hall–Kier alpha value is -2.95. The molecule has 4 rings (SSSR count). The van der Waals surface area contributed by atoms with Gasteiger partial charge >= 0.3 is 5.97 Å². The lowest BCUT2D eigenvalue weighted by atomic mass is 9.79. The summed E-state index contributed by atoms with van der Waals surface area (Å²) in [7, 11) is 1.56. The molecule has 1 fully saturated rings. The Bertz CT molecular complexity index is 1060. The first-order chi connectivity index (χ1) is 14.1. The van der Waals surface area contributed by atoms with E-state index in [1.54, 1.807) is 19.2 Å². The molecule has 0 unspecified atom stereocenters. The van der Waals surface area contributed by atoms with E-state index in [0.29, 0.717) is 23.6 Å². The molecule has 0 bridgehead atoms. The molecule has 1 aliphatic carbocycles. The second kappa shape index (κ2) is 7.82. The van der Waals surface area contributed by atoms with Crippen LogP contribution < -0.4 is 4.74 Å². The molecule has 1 aromatic heterocycles.